The van der Waals surface area contributed by atoms with E-state index < -0.39 is 48.1 Å². The first-order valence-corrected chi connectivity index (χ1v) is 14.5. The van der Waals surface area contributed by atoms with Crippen LogP contribution in [0.25, 0.3) is 32.6 Å². The fourth-order valence-electron chi connectivity index (χ4n) is 4.60. The normalized spacial score (nSPS) is 13.0. The van der Waals surface area contributed by atoms with E-state index in [1.54, 1.807) is 32.9 Å². The van der Waals surface area contributed by atoms with E-state index in [-0.39, 0.29) is 51.4 Å². The number of ether oxygens (including phenoxy) is 1. The minimum absolute atomic E-state index is 0.00319. The van der Waals surface area contributed by atoms with Gasteiger partial charge in [0.2, 0.25) is 5.43 Å². The number of fused-ring (bicyclic) bond motifs is 1. The maximum absolute atomic E-state index is 13.6. The van der Waals surface area contributed by atoms with Gasteiger partial charge >= 0.3 is 18.2 Å². The van der Waals surface area contributed by atoms with E-state index in [0.717, 1.165) is 16.7 Å². The molecule has 0 unspecified atom stereocenters. The van der Waals surface area contributed by atoms with Crippen LogP contribution in [0.2, 0.25) is 0 Å². The number of aliphatic hydroxyl groups is 2. The van der Waals surface area contributed by atoms with Gasteiger partial charge in [0.25, 0.3) is 0 Å². The molecule has 4 aromatic rings. The molecular weight excluding hydrogens is 603 g/mol. The number of carbonyl (C=O) groups is 2. The second-order valence-electron chi connectivity index (χ2n) is 9.59. The second-order valence-corrected chi connectivity index (χ2v) is 10.5. The third kappa shape index (κ3) is 6.74. The van der Waals surface area contributed by atoms with Crippen LogP contribution in [0.3, 0.4) is 0 Å². The molecule has 3 aromatic heterocycles. The molecule has 234 valence electrons. The number of hydrogen-bond acceptors (Lipinski definition) is 9. The van der Waals surface area contributed by atoms with Crippen LogP contribution in [0.5, 0.6) is 0 Å². The van der Waals surface area contributed by atoms with Gasteiger partial charge in [-0.3, -0.25) is 10.1 Å². The van der Waals surface area contributed by atoms with Gasteiger partial charge in [-0.25, -0.2) is 19.6 Å². The van der Waals surface area contributed by atoms with E-state index in [4.69, 9.17) is 4.74 Å². The van der Waals surface area contributed by atoms with Crippen LogP contribution in [0.1, 0.15) is 49.3 Å². The van der Waals surface area contributed by atoms with Crippen molar-refractivity contribution in [3.63, 3.8) is 0 Å². The predicted octanol–water partition coefficient (Wildman–Crippen LogP) is 4.83. The van der Waals surface area contributed by atoms with Crippen molar-refractivity contribution in [2.75, 3.05) is 25.1 Å². The number of alkyl halides is 3. The summed E-state index contributed by atoms with van der Waals surface area (Å²) < 4.78 is 46.8. The Hall–Kier alpha value is -4.34. The van der Waals surface area contributed by atoms with Crippen molar-refractivity contribution in [3.8, 4) is 21.7 Å². The van der Waals surface area contributed by atoms with Crippen molar-refractivity contribution in [3.05, 3.63) is 63.5 Å². The number of pyridine rings is 2. The highest BCUT2D eigenvalue weighted by Gasteiger charge is 2.34. The lowest BCUT2D eigenvalue weighted by molar-refractivity contribution is -0.140. The summed E-state index contributed by atoms with van der Waals surface area (Å²) >= 11 is 0.740. The largest absolute Gasteiger partial charge is 0.462 e. The average molecular weight is 634 g/mol. The van der Waals surface area contributed by atoms with Gasteiger partial charge in [0.15, 0.2) is 5.69 Å². The molecule has 44 heavy (non-hydrogen) atoms. The Bertz CT molecular complexity index is 1740. The van der Waals surface area contributed by atoms with Crippen LogP contribution >= 0.6 is 11.3 Å². The van der Waals surface area contributed by atoms with Gasteiger partial charge in [-0.05, 0) is 44.0 Å². The summed E-state index contributed by atoms with van der Waals surface area (Å²) in [4.78, 5) is 46.5. The Morgan fingerprint density at radius 3 is 2.52 bits per heavy atom. The molecular formula is C29H30F3N5O6S. The van der Waals surface area contributed by atoms with Gasteiger partial charge in [0.1, 0.15) is 16.4 Å². The van der Waals surface area contributed by atoms with Gasteiger partial charge in [-0.15, -0.1) is 11.3 Å². The SMILES string of the molecule is CCNC(=O)Nc1cc(-c2nc(C(F)(F)F)cs2)c(-c2ccc3c(c2)c(=O)c(C(=O)OCC)cn3[C@@H](CO)[C@@H](O)CC)cn1. The van der Waals surface area contributed by atoms with Gasteiger partial charge in [-0.2, -0.15) is 13.2 Å². The molecule has 1 aromatic carbocycles. The number of hydrogen-bond donors (Lipinski definition) is 4. The number of aromatic nitrogens is 3. The van der Waals surface area contributed by atoms with Crippen molar-refractivity contribution < 1.29 is 37.7 Å². The van der Waals surface area contributed by atoms with Crippen molar-refractivity contribution in [2.45, 2.75) is 45.5 Å². The molecule has 0 saturated carbocycles. The maximum atomic E-state index is 13.6. The molecule has 0 aliphatic carbocycles. The molecule has 3 heterocycles. The molecule has 2 amide bonds. The third-order valence-electron chi connectivity index (χ3n) is 6.75. The summed E-state index contributed by atoms with van der Waals surface area (Å²) in [5.41, 5.74) is -0.988. The van der Waals surface area contributed by atoms with E-state index in [9.17, 15) is 37.8 Å². The number of benzene rings is 1. The Labute approximate surface area is 253 Å². The highest BCUT2D eigenvalue weighted by molar-refractivity contribution is 7.13. The number of aliphatic hydroxyl groups excluding tert-OH is 2. The molecule has 15 heteroatoms. The lowest BCUT2D eigenvalue weighted by Crippen LogP contribution is -2.30. The summed E-state index contributed by atoms with van der Waals surface area (Å²) in [6, 6.07) is 4.47. The molecule has 0 aliphatic heterocycles. The van der Waals surface area contributed by atoms with Crippen LogP contribution in [-0.4, -0.2) is 62.6 Å². The molecule has 4 N–H and O–H groups in total. The molecule has 0 aliphatic rings. The number of amides is 2. The van der Waals surface area contributed by atoms with E-state index in [2.05, 4.69) is 20.6 Å². The molecule has 4 rings (SSSR count). The lowest BCUT2D eigenvalue weighted by Gasteiger charge is -2.25. The zero-order chi connectivity index (χ0) is 32.2. The van der Waals surface area contributed by atoms with Crippen LogP contribution in [0.15, 0.2) is 46.8 Å². The summed E-state index contributed by atoms with van der Waals surface area (Å²) in [5, 5.41) is 26.7. The van der Waals surface area contributed by atoms with Crippen LogP contribution in [0, 0.1) is 0 Å². The second kappa shape index (κ2) is 13.5. The van der Waals surface area contributed by atoms with Crippen LogP contribution < -0.4 is 16.1 Å². The standard InChI is InChI=1S/C29H30F3N5O6S/c1-4-22(39)21(13-38)37-12-19(27(41)43-6-3)25(40)17-9-15(7-8-20(17)37)18-11-34-24(36-28(42)33-5-2)10-16(18)26-35-23(14-44-26)29(30,31)32/h7-12,14,21-22,38-39H,4-6,13H2,1-3H3,(H2,33,34,36,42)/t21-,22-/m0/s1. The van der Waals surface area contributed by atoms with Crippen molar-refractivity contribution in [1.29, 1.82) is 0 Å². The quantitative estimate of drug-likeness (QED) is 0.181. The van der Waals surface area contributed by atoms with E-state index in [1.165, 1.54) is 29.1 Å². The van der Waals surface area contributed by atoms with Crippen molar-refractivity contribution in [2.24, 2.45) is 0 Å². The number of halogens is 3. The number of urea groups is 1. The van der Waals surface area contributed by atoms with E-state index >= 15 is 0 Å². The van der Waals surface area contributed by atoms with E-state index in [1.807, 2.05) is 0 Å². The highest BCUT2D eigenvalue weighted by Crippen LogP contribution is 2.39. The number of thiazole rings is 1. The Morgan fingerprint density at radius 2 is 1.91 bits per heavy atom. The fraction of sp³-hybridized carbons (Fsp3) is 0.345. The molecule has 0 saturated heterocycles. The minimum atomic E-state index is -4.69. The molecule has 0 spiro atoms. The van der Waals surface area contributed by atoms with Crippen molar-refractivity contribution in [1.82, 2.24) is 19.9 Å². The van der Waals surface area contributed by atoms with E-state index in [0.29, 0.717) is 12.1 Å². The Kier molecular flexibility index (Phi) is 10.0. The highest BCUT2D eigenvalue weighted by atomic mass is 32.1. The number of rotatable bonds is 10. The zero-order valence-corrected chi connectivity index (χ0v) is 24.8. The Morgan fingerprint density at radius 1 is 1.16 bits per heavy atom. The first kappa shape index (κ1) is 32.6. The lowest BCUT2D eigenvalue weighted by atomic mass is 9.98. The first-order valence-electron chi connectivity index (χ1n) is 13.7. The molecule has 0 fully saturated rings. The smallest absolute Gasteiger partial charge is 0.434 e. The van der Waals surface area contributed by atoms with Gasteiger partial charge in [0, 0.05) is 40.8 Å². The van der Waals surface area contributed by atoms with Crippen molar-refractivity contribution >= 4 is 40.1 Å². The summed E-state index contributed by atoms with van der Waals surface area (Å²) in [6.45, 7) is 4.82. The topological polar surface area (TPSA) is 156 Å². The molecule has 2 atom stereocenters. The third-order valence-corrected chi connectivity index (χ3v) is 7.63. The van der Waals surface area contributed by atoms with Gasteiger partial charge in [-0.1, -0.05) is 13.0 Å². The van der Waals surface area contributed by atoms with Crippen LogP contribution in [0.4, 0.5) is 23.8 Å². The number of esters is 1. The number of carbonyl (C=O) groups excluding carboxylic acids is 2. The van der Waals surface area contributed by atoms with Crippen LogP contribution in [-0.2, 0) is 10.9 Å². The van der Waals surface area contributed by atoms with Gasteiger partial charge < -0.3 is 24.8 Å². The molecule has 0 radical (unpaired) electrons. The monoisotopic (exact) mass is 633 g/mol. The first-order chi connectivity index (χ1) is 20.9. The zero-order valence-electron chi connectivity index (χ0n) is 23.9. The maximum Gasteiger partial charge on any atom is 0.434 e. The fourth-order valence-corrected chi connectivity index (χ4v) is 5.45. The van der Waals surface area contributed by atoms with Gasteiger partial charge in [0.05, 0.1) is 30.9 Å². The summed E-state index contributed by atoms with van der Waals surface area (Å²) in [6.07, 6.45) is -2.86. The summed E-state index contributed by atoms with van der Waals surface area (Å²) in [5.74, 6) is -0.850. The summed E-state index contributed by atoms with van der Waals surface area (Å²) in [7, 11) is 0. The number of anilines is 1. The Balaban J connectivity index is 1.97. The minimum Gasteiger partial charge on any atom is -0.462 e. The molecule has 11 nitrogen and oxygen atoms in total. The number of nitrogens with one attached hydrogen (secondary N) is 2. The predicted molar refractivity (Wildman–Crippen MR) is 159 cm³/mol. The average Bonchev–Trinajstić information content (AvgIpc) is 3.50. The molecule has 0 bridgehead atoms. The number of nitrogens with zero attached hydrogens (tertiary/aromatic N) is 3.